The number of aromatic nitrogens is 2. The number of fused-ring (bicyclic) bond motifs is 9. The fourth-order valence-corrected chi connectivity index (χ4v) is 10.9. The van der Waals surface area contributed by atoms with Gasteiger partial charge in [-0.05, 0) is 155 Å². The number of hydrogen-bond acceptors (Lipinski definition) is 5. The maximum absolute atomic E-state index is 5.39. The molecule has 5 heteroatoms. The van der Waals surface area contributed by atoms with E-state index in [-0.39, 0.29) is 0 Å². The van der Waals surface area contributed by atoms with E-state index in [1.54, 1.807) is 0 Å². The quantitative estimate of drug-likeness (QED) is 0.144. The Morgan fingerprint density at radius 1 is 0.300 bits per heavy atom. The summed E-state index contributed by atoms with van der Waals surface area (Å²) in [5.74, 6) is 0. The van der Waals surface area contributed by atoms with Crippen molar-refractivity contribution < 1.29 is 0 Å². The Balaban J connectivity index is 1.04. The summed E-state index contributed by atoms with van der Waals surface area (Å²) in [6, 6.07) is 93.5. The number of benzene rings is 9. The summed E-state index contributed by atoms with van der Waals surface area (Å²) < 4.78 is 0. The Bertz CT molecular complexity index is 3370. The molecule has 3 heterocycles. The Labute approximate surface area is 408 Å². The molecule has 0 bridgehead atoms. The van der Waals surface area contributed by atoms with E-state index in [1.807, 2.05) is 12.4 Å². The van der Waals surface area contributed by atoms with E-state index in [0.29, 0.717) is 0 Å². The minimum Gasteiger partial charge on any atom is -0.310 e. The molecule has 0 radical (unpaired) electrons. The van der Waals surface area contributed by atoms with Gasteiger partial charge in [0.25, 0.3) is 0 Å². The lowest BCUT2D eigenvalue weighted by Crippen LogP contribution is -2.37. The molecule has 9 aromatic carbocycles. The van der Waals surface area contributed by atoms with Gasteiger partial charge in [0.2, 0.25) is 0 Å². The number of hydrogen-bond donors (Lipinski definition) is 0. The average Bonchev–Trinajstić information content (AvgIpc) is 3.73. The normalized spacial score (nSPS) is 12.7. The van der Waals surface area contributed by atoms with Crippen LogP contribution in [0.15, 0.2) is 273 Å². The fourth-order valence-electron chi connectivity index (χ4n) is 10.9. The van der Waals surface area contributed by atoms with Gasteiger partial charge in [-0.25, -0.2) is 0 Å². The number of rotatable bonds is 9. The van der Waals surface area contributed by atoms with Crippen LogP contribution in [0, 0.1) is 0 Å². The molecule has 0 fully saturated rings. The predicted molar refractivity (Wildman–Crippen MR) is 288 cm³/mol. The number of anilines is 9. The van der Waals surface area contributed by atoms with Crippen LogP contribution in [0.1, 0.15) is 22.5 Å². The van der Waals surface area contributed by atoms with Gasteiger partial charge in [-0.1, -0.05) is 140 Å². The zero-order valence-electron chi connectivity index (χ0n) is 38.2. The molecular weight excluding hydrogens is 851 g/mol. The second-order valence-corrected chi connectivity index (χ2v) is 17.8. The van der Waals surface area contributed by atoms with Crippen molar-refractivity contribution in [3.63, 3.8) is 0 Å². The molecule has 0 atom stereocenters. The average molecular weight is 896 g/mol. The molecule has 0 saturated carbocycles. The molecule has 0 N–H and O–H groups in total. The minimum absolute atomic E-state index is 0.870. The summed E-state index contributed by atoms with van der Waals surface area (Å²) in [5, 5.41) is 0. The molecule has 5 nitrogen and oxygen atoms in total. The van der Waals surface area contributed by atoms with Gasteiger partial charge in [0.05, 0.1) is 22.8 Å². The first-order chi connectivity index (χ1) is 34.7. The summed E-state index contributed by atoms with van der Waals surface area (Å²) in [6.45, 7) is 0. The number of nitrogens with zero attached hydrogens (tertiary/aromatic N) is 5. The molecule has 11 aromatic rings. The molecule has 2 aromatic heterocycles. The third-order valence-corrected chi connectivity index (χ3v) is 13.8. The Morgan fingerprint density at radius 3 is 1.06 bits per heavy atom. The van der Waals surface area contributed by atoms with Gasteiger partial charge >= 0.3 is 0 Å². The van der Waals surface area contributed by atoms with Crippen molar-refractivity contribution in [2.75, 3.05) is 14.7 Å². The SMILES string of the molecule is c1ccc(N(c2ccccc2)c2cccc(-c3ccc4c(c3)C3(c5cc(-c6cccc(N(c7ccccc7)c7ccccc7)c6)ccc5N4c4ccccc4)c4ncccc4-c4cccnc43)c2)cc1. The molecule has 0 saturated heterocycles. The molecule has 1 aliphatic carbocycles. The Hall–Kier alpha value is -9.32. The first-order valence-corrected chi connectivity index (χ1v) is 23.8. The lowest BCUT2D eigenvalue weighted by Gasteiger charge is -2.44. The zero-order valence-corrected chi connectivity index (χ0v) is 38.2. The molecule has 0 amide bonds. The van der Waals surface area contributed by atoms with Gasteiger partial charge in [-0.15, -0.1) is 0 Å². The van der Waals surface area contributed by atoms with Gasteiger partial charge < -0.3 is 14.7 Å². The molecular formula is C65H45N5. The maximum atomic E-state index is 5.39. The minimum atomic E-state index is -0.870. The molecule has 1 aliphatic heterocycles. The number of para-hydroxylation sites is 5. The lowest BCUT2D eigenvalue weighted by molar-refractivity contribution is 0.701. The summed E-state index contributed by atoms with van der Waals surface area (Å²) in [5.41, 5.74) is 19.7. The van der Waals surface area contributed by atoms with Gasteiger partial charge in [0, 0.05) is 63.3 Å². The number of pyridine rings is 2. The van der Waals surface area contributed by atoms with E-state index in [1.165, 1.54) is 0 Å². The van der Waals surface area contributed by atoms with Crippen molar-refractivity contribution in [3.05, 3.63) is 296 Å². The molecule has 2 aliphatic rings. The van der Waals surface area contributed by atoms with Crippen LogP contribution in [0.2, 0.25) is 0 Å². The summed E-state index contributed by atoms with van der Waals surface area (Å²) in [7, 11) is 0. The molecule has 330 valence electrons. The van der Waals surface area contributed by atoms with E-state index in [2.05, 4.69) is 276 Å². The molecule has 0 unspecified atom stereocenters. The first-order valence-electron chi connectivity index (χ1n) is 23.8. The third-order valence-electron chi connectivity index (χ3n) is 13.8. The van der Waals surface area contributed by atoms with Gasteiger partial charge in [0.1, 0.15) is 5.41 Å². The van der Waals surface area contributed by atoms with Crippen LogP contribution in [0.4, 0.5) is 51.2 Å². The Morgan fingerprint density at radius 2 is 0.657 bits per heavy atom. The van der Waals surface area contributed by atoms with Crippen LogP contribution in [-0.2, 0) is 5.41 Å². The van der Waals surface area contributed by atoms with E-state index >= 15 is 0 Å². The van der Waals surface area contributed by atoms with Crippen LogP contribution in [0.3, 0.4) is 0 Å². The van der Waals surface area contributed by atoms with Crippen molar-refractivity contribution in [2.45, 2.75) is 5.41 Å². The van der Waals surface area contributed by atoms with E-state index in [9.17, 15) is 0 Å². The largest absolute Gasteiger partial charge is 0.310 e. The Kier molecular flexibility index (Phi) is 9.98. The second kappa shape index (κ2) is 17.1. The summed E-state index contributed by atoms with van der Waals surface area (Å²) in [6.07, 6.45) is 3.89. The van der Waals surface area contributed by atoms with E-state index in [0.717, 1.165) is 107 Å². The highest BCUT2D eigenvalue weighted by Crippen LogP contribution is 2.63. The molecule has 1 spiro atoms. The standard InChI is InChI=1S/C65H45N5/c1-6-22-50(23-7-1)68(51-24-8-2-9-25-51)55-32-16-20-46(42-55)48-36-38-61-59(44-48)65(63-57(34-18-40-66-63)58-35-19-41-67-64(58)65)60-45-49(37-39-62(60)70(61)54-30-14-5-15-31-54)47-21-17-33-56(43-47)69(52-26-10-3-11-27-52)53-28-12-4-13-29-53/h1-45H. The smallest absolute Gasteiger partial charge is 0.110 e. The second-order valence-electron chi connectivity index (χ2n) is 17.8. The zero-order chi connectivity index (χ0) is 46.4. The van der Waals surface area contributed by atoms with Gasteiger partial charge in [-0.3, -0.25) is 9.97 Å². The highest BCUT2D eigenvalue weighted by molar-refractivity contribution is 5.97. The highest BCUT2D eigenvalue weighted by Gasteiger charge is 2.54. The van der Waals surface area contributed by atoms with Crippen molar-refractivity contribution in [1.82, 2.24) is 9.97 Å². The van der Waals surface area contributed by atoms with Crippen molar-refractivity contribution in [2.24, 2.45) is 0 Å². The van der Waals surface area contributed by atoms with Gasteiger partial charge in [-0.2, -0.15) is 0 Å². The molecule has 70 heavy (non-hydrogen) atoms. The molecule has 13 rings (SSSR count). The van der Waals surface area contributed by atoms with Crippen LogP contribution in [-0.4, -0.2) is 9.97 Å². The first kappa shape index (κ1) is 40.9. The van der Waals surface area contributed by atoms with E-state index < -0.39 is 5.41 Å². The monoisotopic (exact) mass is 895 g/mol. The van der Waals surface area contributed by atoms with Gasteiger partial charge in [0.15, 0.2) is 0 Å². The van der Waals surface area contributed by atoms with Crippen LogP contribution in [0.5, 0.6) is 0 Å². The lowest BCUT2D eigenvalue weighted by atomic mass is 9.67. The predicted octanol–water partition coefficient (Wildman–Crippen LogP) is 16.9. The van der Waals surface area contributed by atoms with Crippen LogP contribution < -0.4 is 14.7 Å². The van der Waals surface area contributed by atoms with E-state index in [4.69, 9.17) is 9.97 Å². The van der Waals surface area contributed by atoms with Crippen molar-refractivity contribution in [1.29, 1.82) is 0 Å². The van der Waals surface area contributed by atoms with Crippen molar-refractivity contribution in [3.8, 4) is 33.4 Å². The topological polar surface area (TPSA) is 35.5 Å². The van der Waals surface area contributed by atoms with Crippen LogP contribution in [0.25, 0.3) is 33.4 Å². The summed E-state index contributed by atoms with van der Waals surface area (Å²) in [4.78, 5) is 17.9. The summed E-state index contributed by atoms with van der Waals surface area (Å²) >= 11 is 0. The van der Waals surface area contributed by atoms with Crippen LogP contribution >= 0.6 is 0 Å². The maximum Gasteiger partial charge on any atom is 0.110 e. The van der Waals surface area contributed by atoms with Crippen molar-refractivity contribution >= 4 is 51.2 Å². The highest BCUT2D eigenvalue weighted by atomic mass is 15.2. The fraction of sp³-hybridized carbons (Fsp3) is 0.0154. The third kappa shape index (κ3) is 6.70.